The molecule has 9 heteroatoms. The van der Waals surface area contributed by atoms with Gasteiger partial charge in [-0.25, -0.2) is 4.98 Å². The summed E-state index contributed by atoms with van der Waals surface area (Å²) in [4.78, 5) is 38.5. The van der Waals surface area contributed by atoms with Gasteiger partial charge in [-0.3, -0.25) is 14.4 Å². The largest absolute Gasteiger partial charge is 0.469 e. The number of carbonyl (C=O) groups excluding carboxylic acids is 3. The first kappa shape index (κ1) is 22.4. The molecule has 0 radical (unpaired) electrons. The van der Waals surface area contributed by atoms with Crippen molar-refractivity contribution in [3.05, 3.63) is 23.6 Å². The quantitative estimate of drug-likeness (QED) is 0.399. The van der Waals surface area contributed by atoms with Crippen molar-refractivity contribution in [2.45, 2.75) is 39.5 Å². The Morgan fingerprint density at radius 1 is 1.07 bits per heavy atom. The SMILES string of the molecule is COC(=O)CCCCCNc1nc(-c2ccc(NC(C)=O)cc2NC(C)=O)cs1. The number of hydrogen-bond acceptors (Lipinski definition) is 7. The fraction of sp³-hybridized carbons (Fsp3) is 0.400. The van der Waals surface area contributed by atoms with E-state index in [1.54, 1.807) is 12.1 Å². The van der Waals surface area contributed by atoms with Crippen LogP contribution in [0.3, 0.4) is 0 Å². The highest BCUT2D eigenvalue weighted by atomic mass is 32.1. The van der Waals surface area contributed by atoms with Crippen molar-refractivity contribution in [1.29, 1.82) is 0 Å². The van der Waals surface area contributed by atoms with Crippen molar-refractivity contribution in [1.82, 2.24) is 4.98 Å². The predicted octanol–water partition coefficient (Wildman–Crippen LogP) is 3.87. The summed E-state index contributed by atoms with van der Waals surface area (Å²) in [7, 11) is 1.40. The normalized spacial score (nSPS) is 10.3. The van der Waals surface area contributed by atoms with Gasteiger partial charge in [0.1, 0.15) is 0 Å². The maximum Gasteiger partial charge on any atom is 0.305 e. The number of esters is 1. The van der Waals surface area contributed by atoms with Gasteiger partial charge in [0.25, 0.3) is 0 Å². The van der Waals surface area contributed by atoms with E-state index in [1.165, 1.54) is 32.3 Å². The molecule has 0 aliphatic rings. The van der Waals surface area contributed by atoms with Crippen LogP contribution in [0, 0.1) is 0 Å². The van der Waals surface area contributed by atoms with Gasteiger partial charge in [0.15, 0.2) is 5.13 Å². The molecule has 0 bridgehead atoms. The van der Waals surface area contributed by atoms with E-state index in [-0.39, 0.29) is 17.8 Å². The highest BCUT2D eigenvalue weighted by Gasteiger charge is 2.12. The number of benzene rings is 1. The highest BCUT2D eigenvalue weighted by molar-refractivity contribution is 7.14. The van der Waals surface area contributed by atoms with E-state index in [2.05, 4.69) is 25.7 Å². The second kappa shape index (κ2) is 11.2. The summed E-state index contributed by atoms with van der Waals surface area (Å²) in [5.74, 6) is -0.563. The Morgan fingerprint density at radius 3 is 2.52 bits per heavy atom. The molecule has 0 aliphatic carbocycles. The van der Waals surface area contributed by atoms with Crippen LogP contribution in [0.25, 0.3) is 11.3 Å². The lowest BCUT2D eigenvalue weighted by molar-refractivity contribution is -0.140. The average Bonchev–Trinajstić information content (AvgIpc) is 3.12. The van der Waals surface area contributed by atoms with E-state index in [1.807, 2.05) is 11.4 Å². The Bertz CT molecular complexity index is 866. The van der Waals surface area contributed by atoms with Crippen molar-refractivity contribution >= 4 is 45.6 Å². The lowest BCUT2D eigenvalue weighted by Gasteiger charge is -2.11. The molecule has 2 rings (SSSR count). The minimum atomic E-state index is -0.202. The van der Waals surface area contributed by atoms with E-state index >= 15 is 0 Å². The lowest BCUT2D eigenvalue weighted by Crippen LogP contribution is -2.09. The highest BCUT2D eigenvalue weighted by Crippen LogP contribution is 2.33. The van der Waals surface area contributed by atoms with Gasteiger partial charge in [0.2, 0.25) is 11.8 Å². The molecule has 8 nitrogen and oxygen atoms in total. The molecule has 2 amide bonds. The molecule has 0 unspecified atom stereocenters. The molecule has 0 fully saturated rings. The Hall–Kier alpha value is -2.94. The molecule has 1 heterocycles. The van der Waals surface area contributed by atoms with Gasteiger partial charge in [-0.15, -0.1) is 11.3 Å². The number of hydrogen-bond donors (Lipinski definition) is 3. The molecule has 1 aromatic carbocycles. The van der Waals surface area contributed by atoms with E-state index in [0.717, 1.165) is 42.2 Å². The van der Waals surface area contributed by atoms with Crippen LogP contribution in [0.4, 0.5) is 16.5 Å². The van der Waals surface area contributed by atoms with Crippen LogP contribution < -0.4 is 16.0 Å². The summed E-state index contributed by atoms with van der Waals surface area (Å²) in [6, 6.07) is 5.31. The van der Waals surface area contributed by atoms with Gasteiger partial charge in [-0.2, -0.15) is 0 Å². The molecule has 29 heavy (non-hydrogen) atoms. The van der Waals surface area contributed by atoms with E-state index < -0.39 is 0 Å². The number of methoxy groups -OCH3 is 1. The third kappa shape index (κ3) is 7.53. The number of aromatic nitrogens is 1. The van der Waals surface area contributed by atoms with Crippen molar-refractivity contribution in [3.8, 4) is 11.3 Å². The van der Waals surface area contributed by atoms with Crippen LogP contribution >= 0.6 is 11.3 Å². The van der Waals surface area contributed by atoms with Crippen LogP contribution in [0.1, 0.15) is 39.5 Å². The summed E-state index contributed by atoms with van der Waals surface area (Å²) in [5.41, 5.74) is 2.70. The number of rotatable bonds is 10. The van der Waals surface area contributed by atoms with Crippen molar-refractivity contribution in [3.63, 3.8) is 0 Å². The zero-order valence-electron chi connectivity index (χ0n) is 16.8. The Labute approximate surface area is 174 Å². The maximum atomic E-state index is 11.6. The molecular formula is C20H26N4O4S. The topological polar surface area (TPSA) is 109 Å². The number of nitrogens with one attached hydrogen (secondary N) is 3. The summed E-state index contributed by atoms with van der Waals surface area (Å²) in [6.07, 6.45) is 3.10. The molecule has 0 saturated heterocycles. The summed E-state index contributed by atoms with van der Waals surface area (Å²) >= 11 is 1.48. The van der Waals surface area contributed by atoms with Crippen LogP contribution in [-0.4, -0.2) is 36.4 Å². The number of thiazole rings is 1. The van der Waals surface area contributed by atoms with Crippen LogP contribution in [-0.2, 0) is 19.1 Å². The smallest absolute Gasteiger partial charge is 0.305 e. The third-order valence-electron chi connectivity index (χ3n) is 3.99. The fourth-order valence-corrected chi connectivity index (χ4v) is 3.43. The van der Waals surface area contributed by atoms with Gasteiger partial charge < -0.3 is 20.7 Å². The molecular weight excluding hydrogens is 392 g/mol. The van der Waals surface area contributed by atoms with Crippen LogP contribution in [0.15, 0.2) is 23.6 Å². The minimum Gasteiger partial charge on any atom is -0.469 e. The second-order valence-electron chi connectivity index (χ2n) is 6.47. The molecule has 0 saturated carbocycles. The Kier molecular flexibility index (Phi) is 8.60. The number of unbranched alkanes of at least 4 members (excludes halogenated alkanes) is 2. The first-order chi connectivity index (χ1) is 13.9. The third-order valence-corrected chi connectivity index (χ3v) is 4.79. The molecule has 2 aromatic rings. The van der Waals surface area contributed by atoms with Gasteiger partial charge in [-0.1, -0.05) is 6.42 Å². The van der Waals surface area contributed by atoms with Crippen LogP contribution in [0.5, 0.6) is 0 Å². The molecule has 0 aliphatic heterocycles. The molecule has 0 atom stereocenters. The van der Waals surface area contributed by atoms with Crippen molar-refractivity contribution in [2.75, 3.05) is 29.6 Å². The predicted molar refractivity (Wildman–Crippen MR) is 115 cm³/mol. The number of anilines is 3. The number of nitrogens with zero attached hydrogens (tertiary/aromatic N) is 1. The molecule has 156 valence electrons. The lowest BCUT2D eigenvalue weighted by atomic mass is 10.1. The monoisotopic (exact) mass is 418 g/mol. The molecule has 1 aromatic heterocycles. The zero-order valence-corrected chi connectivity index (χ0v) is 17.6. The van der Waals surface area contributed by atoms with Gasteiger partial charge in [0, 0.05) is 43.4 Å². The summed E-state index contributed by atoms with van der Waals surface area (Å²) in [6.45, 7) is 3.62. The summed E-state index contributed by atoms with van der Waals surface area (Å²) in [5, 5.41) is 11.5. The van der Waals surface area contributed by atoms with Crippen LogP contribution in [0.2, 0.25) is 0 Å². The maximum absolute atomic E-state index is 11.6. The second-order valence-corrected chi connectivity index (χ2v) is 7.33. The standard InChI is InChI=1S/C20H26N4O4S/c1-13(25)22-15-8-9-16(17(11-15)23-14(2)26)18-12-29-20(24-18)21-10-6-4-5-7-19(27)28-3/h8-9,11-12H,4-7,10H2,1-3H3,(H,21,24)(H,22,25)(H,23,26). The molecule has 3 N–H and O–H groups in total. The van der Waals surface area contributed by atoms with E-state index in [4.69, 9.17) is 0 Å². The van der Waals surface area contributed by atoms with E-state index in [9.17, 15) is 14.4 Å². The number of carbonyl (C=O) groups is 3. The first-order valence-electron chi connectivity index (χ1n) is 9.35. The van der Waals surface area contributed by atoms with Crippen molar-refractivity contribution in [2.24, 2.45) is 0 Å². The van der Waals surface area contributed by atoms with E-state index in [0.29, 0.717) is 17.8 Å². The summed E-state index contributed by atoms with van der Waals surface area (Å²) < 4.78 is 4.62. The average molecular weight is 419 g/mol. The van der Waals surface area contributed by atoms with Crippen molar-refractivity contribution < 1.29 is 19.1 Å². The van der Waals surface area contributed by atoms with Gasteiger partial charge >= 0.3 is 5.97 Å². The zero-order chi connectivity index (χ0) is 21.2. The Balaban J connectivity index is 1.98. The minimum absolute atomic E-state index is 0.179. The Morgan fingerprint density at radius 2 is 1.83 bits per heavy atom. The molecule has 0 spiro atoms. The van der Waals surface area contributed by atoms with Gasteiger partial charge in [0.05, 0.1) is 18.5 Å². The number of amides is 2. The first-order valence-corrected chi connectivity index (χ1v) is 10.2. The van der Waals surface area contributed by atoms with Gasteiger partial charge in [-0.05, 0) is 31.0 Å². The number of ether oxygens (including phenoxy) is 1. The fourth-order valence-electron chi connectivity index (χ4n) is 2.69.